The molecule has 2 aromatic carbocycles. The predicted octanol–water partition coefficient (Wildman–Crippen LogP) is 8.72. The Hall–Kier alpha value is -1.68. The number of hydrogen-bond donors (Lipinski definition) is 2. The summed E-state index contributed by atoms with van der Waals surface area (Å²) in [6, 6.07) is 8.31. The van der Waals surface area contributed by atoms with Crippen molar-refractivity contribution in [3.8, 4) is 0 Å². The summed E-state index contributed by atoms with van der Waals surface area (Å²) in [5, 5.41) is 21.2. The van der Waals surface area contributed by atoms with Crippen molar-refractivity contribution in [3.63, 3.8) is 0 Å². The topological polar surface area (TPSA) is 65.2 Å². The molecule has 0 aliphatic heterocycles. The van der Waals surface area contributed by atoms with E-state index in [4.69, 9.17) is 17.0 Å². The van der Waals surface area contributed by atoms with Crippen molar-refractivity contribution >= 4 is 40.0 Å². The first-order chi connectivity index (χ1) is 16.9. The fraction of sp³-hybridized carbons (Fsp3) is 0.379. The molecule has 0 bridgehead atoms. The molecule has 0 aliphatic carbocycles. The molecule has 0 saturated heterocycles. The van der Waals surface area contributed by atoms with Crippen molar-refractivity contribution in [1.82, 2.24) is 0 Å². The summed E-state index contributed by atoms with van der Waals surface area (Å²) in [4.78, 5) is 9.10. The Labute approximate surface area is 235 Å². The maximum atomic E-state index is 10.6. The molecule has 2 aromatic rings. The van der Waals surface area contributed by atoms with E-state index in [0.717, 1.165) is 51.2 Å². The molecule has 0 heterocycles. The van der Waals surface area contributed by atoms with E-state index in [9.17, 15) is 10.2 Å². The summed E-state index contributed by atoms with van der Waals surface area (Å²) in [7, 11) is 9.87. The molecule has 0 aliphatic rings. The van der Waals surface area contributed by atoms with Gasteiger partial charge in [0.1, 0.15) is 11.5 Å². The molecular formula is C29H38Cl2N2O2Zr. The van der Waals surface area contributed by atoms with E-state index in [1.165, 1.54) is 11.1 Å². The number of allylic oxidation sites excluding steroid dienone is 2. The molecule has 194 valence electrons. The van der Waals surface area contributed by atoms with Crippen LogP contribution in [0.3, 0.4) is 0 Å². The van der Waals surface area contributed by atoms with Crippen molar-refractivity contribution in [2.24, 2.45) is 9.98 Å². The third-order valence-electron chi connectivity index (χ3n) is 5.60. The summed E-state index contributed by atoms with van der Waals surface area (Å²) >= 11 is -0.826. The molecule has 0 fully saturated rings. The minimum absolute atomic E-state index is 0.252. The van der Waals surface area contributed by atoms with E-state index in [2.05, 4.69) is 48.1 Å². The molecule has 4 nitrogen and oxygen atoms in total. The van der Waals surface area contributed by atoms with Gasteiger partial charge in [-0.25, -0.2) is 0 Å². The Balaban J connectivity index is 0.00000205. The zero-order valence-corrected chi connectivity index (χ0v) is 26.6. The summed E-state index contributed by atoms with van der Waals surface area (Å²) in [5.41, 5.74) is 9.95. The van der Waals surface area contributed by atoms with Gasteiger partial charge in [0.25, 0.3) is 0 Å². The molecule has 2 rings (SSSR count). The van der Waals surface area contributed by atoms with Crippen LogP contribution in [0.15, 0.2) is 46.4 Å². The van der Waals surface area contributed by atoms with Crippen LogP contribution >= 0.6 is 17.0 Å². The molecular weight excluding hydrogens is 570 g/mol. The average molecular weight is 609 g/mol. The van der Waals surface area contributed by atoms with Gasteiger partial charge < -0.3 is 10.2 Å². The zero-order chi connectivity index (χ0) is 27.4. The first kappa shape index (κ1) is 32.4. The number of aliphatic hydroxyl groups is 2. The van der Waals surface area contributed by atoms with Crippen molar-refractivity contribution in [2.75, 3.05) is 13.1 Å². The quantitative estimate of drug-likeness (QED) is 0.179. The van der Waals surface area contributed by atoms with E-state index in [0.29, 0.717) is 13.1 Å². The van der Waals surface area contributed by atoms with Gasteiger partial charge in [-0.1, -0.05) is 35.4 Å². The van der Waals surface area contributed by atoms with Crippen LogP contribution < -0.4 is 0 Å². The van der Waals surface area contributed by atoms with Crippen LogP contribution in [0.5, 0.6) is 0 Å². The Kier molecular flexibility index (Phi) is 14.6. The number of aliphatic hydroxyl groups excluding tert-OH is 2. The number of rotatable bonds is 8. The van der Waals surface area contributed by atoms with Crippen LogP contribution in [-0.2, 0) is 20.8 Å². The number of hydrogen-bond acceptors (Lipinski definition) is 4. The summed E-state index contributed by atoms with van der Waals surface area (Å²) in [5.74, 6) is 0.504. The minimum atomic E-state index is -0.826. The fourth-order valence-electron chi connectivity index (χ4n) is 4.38. The molecule has 0 aromatic heterocycles. The molecule has 0 spiro atoms. The number of nitrogens with zero attached hydrogens (tertiary/aromatic N) is 2. The molecule has 36 heavy (non-hydrogen) atoms. The fourth-order valence-corrected chi connectivity index (χ4v) is 4.38. The second-order valence-corrected chi connectivity index (χ2v) is 12.8. The Morgan fingerprint density at radius 3 is 1.25 bits per heavy atom. The van der Waals surface area contributed by atoms with Gasteiger partial charge in [0.15, 0.2) is 0 Å². The van der Waals surface area contributed by atoms with E-state index in [-0.39, 0.29) is 11.5 Å². The maximum absolute atomic E-state index is 10.6. The SMILES string of the molecule is CC(/C=C(\O)c1c(C)cc(C)cc1C)=NCCCN=C(C)/C=C(\O)c1c(C)cc(C)cc1C.[Cl][Zr][Cl]. The molecule has 0 radical (unpaired) electrons. The molecule has 0 atom stereocenters. The molecule has 0 saturated carbocycles. The number of benzene rings is 2. The van der Waals surface area contributed by atoms with Gasteiger partial charge in [0.05, 0.1) is 0 Å². The van der Waals surface area contributed by atoms with Crippen molar-refractivity contribution in [1.29, 1.82) is 0 Å². The van der Waals surface area contributed by atoms with Gasteiger partial charge in [0, 0.05) is 47.8 Å². The first-order valence-electron chi connectivity index (χ1n) is 11.9. The van der Waals surface area contributed by atoms with Gasteiger partial charge in [-0.05, 0) is 84.1 Å². The van der Waals surface area contributed by atoms with E-state index in [1.807, 2.05) is 41.5 Å². The van der Waals surface area contributed by atoms with Crippen LogP contribution in [0, 0.1) is 41.5 Å². The van der Waals surface area contributed by atoms with Crippen molar-refractivity contribution in [3.05, 3.63) is 80.9 Å². The van der Waals surface area contributed by atoms with E-state index < -0.39 is 20.8 Å². The second-order valence-electron chi connectivity index (χ2n) is 9.08. The summed E-state index contributed by atoms with van der Waals surface area (Å²) in [6.07, 6.45) is 4.25. The number of aryl methyl sites for hydroxylation is 6. The number of aliphatic imine (C=N–C) groups is 2. The van der Waals surface area contributed by atoms with Crippen LogP contribution in [-0.4, -0.2) is 34.7 Å². The average Bonchev–Trinajstić information content (AvgIpc) is 2.72. The van der Waals surface area contributed by atoms with Crippen molar-refractivity contribution < 1.29 is 31.1 Å². The monoisotopic (exact) mass is 606 g/mol. The number of halogens is 2. The molecule has 7 heteroatoms. The summed E-state index contributed by atoms with van der Waals surface area (Å²) in [6.45, 7) is 17.2. The third kappa shape index (κ3) is 10.7. The van der Waals surface area contributed by atoms with Crippen LogP contribution in [0.2, 0.25) is 0 Å². The zero-order valence-electron chi connectivity index (χ0n) is 22.6. The molecule has 2 N–H and O–H groups in total. The van der Waals surface area contributed by atoms with Gasteiger partial charge in [0.2, 0.25) is 0 Å². The van der Waals surface area contributed by atoms with E-state index in [1.54, 1.807) is 12.2 Å². The van der Waals surface area contributed by atoms with Crippen LogP contribution in [0.4, 0.5) is 0 Å². The summed E-state index contributed by atoms with van der Waals surface area (Å²) < 4.78 is 0. The third-order valence-corrected chi connectivity index (χ3v) is 5.60. The first-order valence-corrected chi connectivity index (χ1v) is 18.2. The standard InChI is InChI=1S/C29H38N2O2.2ClH.Zr/c1-18-12-20(3)28(21(4)13-18)26(32)16-24(7)30-10-9-11-31-25(8)17-27(33)29-22(5)14-19(2)15-23(29)6;;;/h12-17,32-33H,9-11H2,1-8H3;2*1H;/q;;;+2/p-2/b26-16-,27-17-,30-24?,31-25?;;;. The molecule has 0 unspecified atom stereocenters. The predicted molar refractivity (Wildman–Crippen MR) is 155 cm³/mol. The van der Waals surface area contributed by atoms with Crippen LogP contribution in [0.25, 0.3) is 11.5 Å². The van der Waals surface area contributed by atoms with Gasteiger partial charge >= 0.3 is 37.9 Å². The van der Waals surface area contributed by atoms with Gasteiger partial charge in [-0.15, -0.1) is 0 Å². The van der Waals surface area contributed by atoms with Crippen molar-refractivity contribution in [2.45, 2.75) is 61.8 Å². The van der Waals surface area contributed by atoms with E-state index >= 15 is 0 Å². The second kappa shape index (κ2) is 16.2. The normalized spacial score (nSPS) is 12.8. The van der Waals surface area contributed by atoms with Crippen LogP contribution in [0.1, 0.15) is 64.8 Å². The Morgan fingerprint density at radius 2 is 0.972 bits per heavy atom. The van der Waals surface area contributed by atoms with Gasteiger partial charge in [-0.2, -0.15) is 0 Å². The Bertz CT molecular complexity index is 1030. The Morgan fingerprint density at radius 1 is 0.694 bits per heavy atom. The molecule has 0 amide bonds. The van der Waals surface area contributed by atoms with Gasteiger partial charge in [-0.3, -0.25) is 9.98 Å².